The first-order chi connectivity index (χ1) is 9.16. The molecule has 6 heteroatoms. The van der Waals surface area contributed by atoms with E-state index in [1.165, 1.54) is 6.07 Å². The number of carbonyl (C=O) groups excluding carboxylic acids is 1. The van der Waals surface area contributed by atoms with E-state index in [-0.39, 0.29) is 16.8 Å². The molecule has 0 saturated carbocycles. The molecule has 0 aliphatic rings. The highest BCUT2D eigenvalue weighted by Crippen LogP contribution is 2.23. The molecule has 0 aliphatic carbocycles. The minimum atomic E-state index is -3.85. The van der Waals surface area contributed by atoms with Crippen molar-refractivity contribution in [2.24, 2.45) is 0 Å². The zero-order valence-electron chi connectivity index (χ0n) is 12.2. The van der Waals surface area contributed by atoms with Crippen LogP contribution in [0.2, 0.25) is 0 Å². The highest BCUT2D eigenvalue weighted by molar-refractivity contribution is 8.13. The molecular formula is C14H20ClNO3S. The standard InChI is InChI=1S/C14H20ClNO3S/c1-5-6-11(4)16-14(17)12-8-13(20(15,18)19)10(3)7-9(12)2/h7-8,11H,5-6H2,1-4H3,(H,16,17). The van der Waals surface area contributed by atoms with Crippen molar-refractivity contribution in [2.75, 3.05) is 0 Å². The second kappa shape index (κ2) is 6.59. The largest absolute Gasteiger partial charge is 0.350 e. The molecule has 0 saturated heterocycles. The molecule has 0 bridgehead atoms. The number of benzene rings is 1. The van der Waals surface area contributed by atoms with Gasteiger partial charge in [-0.15, -0.1) is 0 Å². The van der Waals surface area contributed by atoms with Crippen LogP contribution in [0.25, 0.3) is 0 Å². The van der Waals surface area contributed by atoms with Gasteiger partial charge in [0.2, 0.25) is 0 Å². The molecule has 1 rings (SSSR count). The number of carbonyl (C=O) groups is 1. The molecule has 20 heavy (non-hydrogen) atoms. The number of aryl methyl sites for hydroxylation is 2. The van der Waals surface area contributed by atoms with Crippen LogP contribution >= 0.6 is 10.7 Å². The van der Waals surface area contributed by atoms with E-state index in [2.05, 4.69) is 5.32 Å². The Morgan fingerprint density at radius 2 is 1.90 bits per heavy atom. The first-order valence-electron chi connectivity index (χ1n) is 6.53. The van der Waals surface area contributed by atoms with E-state index in [0.717, 1.165) is 18.4 Å². The maximum Gasteiger partial charge on any atom is 0.261 e. The van der Waals surface area contributed by atoms with Crippen LogP contribution in [0.1, 0.15) is 48.2 Å². The maximum atomic E-state index is 12.2. The van der Waals surface area contributed by atoms with Gasteiger partial charge >= 0.3 is 0 Å². The molecule has 0 radical (unpaired) electrons. The minimum Gasteiger partial charge on any atom is -0.350 e. The third-order valence-electron chi connectivity index (χ3n) is 3.13. The normalized spacial score (nSPS) is 13.1. The SMILES string of the molecule is CCCC(C)NC(=O)c1cc(S(=O)(=O)Cl)c(C)cc1C. The van der Waals surface area contributed by atoms with Gasteiger partial charge in [-0.2, -0.15) is 0 Å². The first-order valence-corrected chi connectivity index (χ1v) is 8.84. The molecule has 1 unspecified atom stereocenters. The molecule has 0 heterocycles. The maximum absolute atomic E-state index is 12.2. The summed E-state index contributed by atoms with van der Waals surface area (Å²) >= 11 is 0. The summed E-state index contributed by atoms with van der Waals surface area (Å²) in [6.07, 6.45) is 1.84. The summed E-state index contributed by atoms with van der Waals surface area (Å²) in [5, 5.41) is 2.86. The number of hydrogen-bond acceptors (Lipinski definition) is 3. The molecule has 1 aromatic rings. The third kappa shape index (κ3) is 4.21. The van der Waals surface area contributed by atoms with Gasteiger partial charge in [0.05, 0.1) is 4.90 Å². The molecule has 1 N–H and O–H groups in total. The van der Waals surface area contributed by atoms with E-state index in [4.69, 9.17) is 10.7 Å². The van der Waals surface area contributed by atoms with E-state index >= 15 is 0 Å². The van der Waals surface area contributed by atoms with Crippen LogP contribution in [0.5, 0.6) is 0 Å². The number of nitrogens with one attached hydrogen (secondary N) is 1. The Labute approximate surface area is 124 Å². The van der Waals surface area contributed by atoms with Gasteiger partial charge in [0.1, 0.15) is 0 Å². The molecule has 0 spiro atoms. The summed E-state index contributed by atoms with van der Waals surface area (Å²) in [5.74, 6) is -0.273. The Morgan fingerprint density at radius 1 is 1.30 bits per heavy atom. The van der Waals surface area contributed by atoms with Gasteiger partial charge in [0.15, 0.2) is 0 Å². The van der Waals surface area contributed by atoms with Crippen molar-refractivity contribution in [3.8, 4) is 0 Å². The second-order valence-corrected chi connectivity index (χ2v) is 7.57. The summed E-state index contributed by atoms with van der Waals surface area (Å²) in [4.78, 5) is 12.2. The first kappa shape index (κ1) is 17.0. The molecule has 0 aliphatic heterocycles. The van der Waals surface area contributed by atoms with Gasteiger partial charge < -0.3 is 5.32 Å². The van der Waals surface area contributed by atoms with E-state index < -0.39 is 9.05 Å². The van der Waals surface area contributed by atoms with Crippen LogP contribution in [-0.2, 0) is 9.05 Å². The van der Waals surface area contributed by atoms with E-state index in [0.29, 0.717) is 11.1 Å². The Bertz CT molecular complexity index is 611. The Morgan fingerprint density at radius 3 is 2.40 bits per heavy atom. The molecule has 4 nitrogen and oxygen atoms in total. The van der Waals surface area contributed by atoms with Crippen molar-refractivity contribution in [1.82, 2.24) is 5.32 Å². The predicted octanol–water partition coefficient (Wildman–Crippen LogP) is 3.15. The van der Waals surface area contributed by atoms with E-state index in [1.54, 1.807) is 19.9 Å². The Balaban J connectivity index is 3.16. The molecule has 112 valence electrons. The van der Waals surface area contributed by atoms with Crippen molar-refractivity contribution >= 4 is 25.6 Å². The van der Waals surface area contributed by atoms with Crippen LogP contribution in [0.3, 0.4) is 0 Å². The van der Waals surface area contributed by atoms with Gasteiger partial charge in [-0.25, -0.2) is 8.42 Å². The van der Waals surface area contributed by atoms with Crippen molar-refractivity contribution in [1.29, 1.82) is 0 Å². The highest BCUT2D eigenvalue weighted by atomic mass is 35.7. The average molecular weight is 318 g/mol. The smallest absolute Gasteiger partial charge is 0.261 e. The lowest BCUT2D eigenvalue weighted by Gasteiger charge is -2.15. The lowest BCUT2D eigenvalue weighted by molar-refractivity contribution is 0.0937. The molecule has 0 fully saturated rings. The summed E-state index contributed by atoms with van der Waals surface area (Å²) in [6.45, 7) is 7.39. The molecule has 0 aromatic heterocycles. The van der Waals surface area contributed by atoms with Gasteiger partial charge in [0, 0.05) is 22.3 Å². The number of amides is 1. The van der Waals surface area contributed by atoms with Crippen LogP contribution in [0.4, 0.5) is 0 Å². The number of rotatable bonds is 5. The van der Waals surface area contributed by atoms with Crippen molar-refractivity contribution < 1.29 is 13.2 Å². The fraction of sp³-hybridized carbons (Fsp3) is 0.500. The van der Waals surface area contributed by atoms with Crippen LogP contribution in [0.15, 0.2) is 17.0 Å². The van der Waals surface area contributed by atoms with Crippen LogP contribution in [-0.4, -0.2) is 20.4 Å². The van der Waals surface area contributed by atoms with Crippen molar-refractivity contribution in [3.05, 3.63) is 28.8 Å². The predicted molar refractivity (Wildman–Crippen MR) is 80.8 cm³/mol. The third-order valence-corrected chi connectivity index (χ3v) is 4.59. The monoisotopic (exact) mass is 317 g/mol. The Hall–Kier alpha value is -1.07. The fourth-order valence-corrected chi connectivity index (χ4v) is 3.35. The summed E-state index contributed by atoms with van der Waals surface area (Å²) in [6, 6.07) is 3.06. The molecule has 1 atom stereocenters. The zero-order valence-corrected chi connectivity index (χ0v) is 13.7. The van der Waals surface area contributed by atoms with Gasteiger partial charge in [-0.3, -0.25) is 4.79 Å². The lowest BCUT2D eigenvalue weighted by Crippen LogP contribution is -2.33. The topological polar surface area (TPSA) is 63.2 Å². The van der Waals surface area contributed by atoms with Gasteiger partial charge in [0.25, 0.3) is 15.0 Å². The average Bonchev–Trinajstić information content (AvgIpc) is 2.26. The van der Waals surface area contributed by atoms with Gasteiger partial charge in [-0.05, 0) is 44.4 Å². The molecule has 1 amide bonds. The summed E-state index contributed by atoms with van der Waals surface area (Å²) in [7, 11) is 1.54. The molecular weight excluding hydrogens is 298 g/mol. The lowest BCUT2D eigenvalue weighted by atomic mass is 10.0. The number of halogens is 1. The zero-order chi connectivity index (χ0) is 15.5. The van der Waals surface area contributed by atoms with E-state index in [9.17, 15) is 13.2 Å². The quantitative estimate of drug-likeness (QED) is 0.848. The second-order valence-electron chi connectivity index (χ2n) is 5.03. The van der Waals surface area contributed by atoms with Crippen LogP contribution in [0, 0.1) is 13.8 Å². The summed E-state index contributed by atoms with van der Waals surface area (Å²) < 4.78 is 23.0. The van der Waals surface area contributed by atoms with E-state index in [1.807, 2.05) is 13.8 Å². The fourth-order valence-electron chi connectivity index (χ4n) is 2.15. The van der Waals surface area contributed by atoms with Crippen LogP contribution < -0.4 is 5.32 Å². The molecule has 1 aromatic carbocycles. The van der Waals surface area contributed by atoms with Crippen molar-refractivity contribution in [2.45, 2.75) is 51.5 Å². The van der Waals surface area contributed by atoms with Crippen molar-refractivity contribution in [3.63, 3.8) is 0 Å². The summed E-state index contributed by atoms with van der Waals surface area (Å²) in [5.41, 5.74) is 1.61. The Kier molecular flexibility index (Phi) is 5.59. The number of hydrogen-bond donors (Lipinski definition) is 1. The highest BCUT2D eigenvalue weighted by Gasteiger charge is 2.19. The van der Waals surface area contributed by atoms with Gasteiger partial charge in [-0.1, -0.05) is 19.4 Å². The minimum absolute atomic E-state index is 0.0157.